The maximum absolute atomic E-state index is 12.7. The Hall–Kier alpha value is -3.10. The largest absolute Gasteiger partial charge is 0.469 e. The number of amides is 2. The first kappa shape index (κ1) is 24.9. The molecule has 0 spiro atoms. The lowest BCUT2D eigenvalue weighted by atomic mass is 9.99. The van der Waals surface area contributed by atoms with Crippen molar-refractivity contribution in [3.05, 3.63) is 35.9 Å². The van der Waals surface area contributed by atoms with Crippen LogP contribution in [0.4, 0.5) is 4.79 Å². The van der Waals surface area contributed by atoms with E-state index in [4.69, 9.17) is 9.47 Å². The molecule has 0 aliphatic carbocycles. The zero-order valence-corrected chi connectivity index (χ0v) is 18.0. The van der Waals surface area contributed by atoms with Crippen molar-refractivity contribution in [1.29, 1.82) is 0 Å². The van der Waals surface area contributed by atoms with Gasteiger partial charge >= 0.3 is 18.0 Å². The Kier molecular flexibility index (Phi) is 10.4. The average molecular weight is 422 g/mol. The van der Waals surface area contributed by atoms with Crippen LogP contribution in [0, 0.1) is 11.8 Å². The van der Waals surface area contributed by atoms with E-state index in [1.165, 1.54) is 14.2 Å². The second-order valence-electron chi connectivity index (χ2n) is 7.17. The summed E-state index contributed by atoms with van der Waals surface area (Å²) in [4.78, 5) is 48.6. The van der Waals surface area contributed by atoms with Crippen LogP contribution in [-0.2, 0) is 35.2 Å². The van der Waals surface area contributed by atoms with Gasteiger partial charge in [-0.1, -0.05) is 51.1 Å². The topological polar surface area (TPSA) is 120 Å². The van der Waals surface area contributed by atoms with Gasteiger partial charge < -0.3 is 24.8 Å². The quantitative estimate of drug-likeness (QED) is 0.436. The maximum Gasteiger partial charge on any atom is 0.408 e. The molecule has 9 heteroatoms. The molecule has 0 unspecified atom stereocenters. The van der Waals surface area contributed by atoms with Crippen molar-refractivity contribution in [2.45, 2.75) is 45.9 Å². The monoisotopic (exact) mass is 422 g/mol. The number of carbonyl (C=O) groups excluding carboxylic acids is 4. The predicted molar refractivity (Wildman–Crippen MR) is 108 cm³/mol. The van der Waals surface area contributed by atoms with Crippen LogP contribution in [0.2, 0.25) is 0 Å². The molecule has 1 aromatic rings. The highest BCUT2D eigenvalue weighted by molar-refractivity contribution is 5.90. The van der Waals surface area contributed by atoms with Crippen LogP contribution in [0.15, 0.2) is 30.3 Å². The molecule has 0 aliphatic heterocycles. The van der Waals surface area contributed by atoms with Crippen molar-refractivity contribution in [3.63, 3.8) is 0 Å². The van der Waals surface area contributed by atoms with Crippen molar-refractivity contribution in [1.82, 2.24) is 10.6 Å². The molecule has 0 saturated heterocycles. The second-order valence-corrected chi connectivity index (χ2v) is 7.17. The Morgan fingerprint density at radius 2 is 1.50 bits per heavy atom. The van der Waals surface area contributed by atoms with E-state index in [2.05, 4.69) is 15.4 Å². The number of alkyl carbamates (subject to hydrolysis) is 1. The van der Waals surface area contributed by atoms with Crippen molar-refractivity contribution < 1.29 is 33.4 Å². The minimum atomic E-state index is -1.07. The number of benzene rings is 1. The molecule has 2 N–H and O–H groups in total. The van der Waals surface area contributed by atoms with Gasteiger partial charge in [0, 0.05) is 0 Å². The molecular formula is C21H30N2O7. The molecule has 0 saturated carbocycles. The molecule has 0 radical (unpaired) electrons. The molecule has 1 rings (SSSR count). The van der Waals surface area contributed by atoms with Gasteiger partial charge in [-0.2, -0.15) is 0 Å². The van der Waals surface area contributed by atoms with Crippen LogP contribution in [0.5, 0.6) is 0 Å². The number of hydrogen-bond donors (Lipinski definition) is 2. The SMILES string of the molecule is COC(=O)[C@H](C)C[C@H](NC(=O)[C@@H](NC(=O)OCc1ccccc1)C(C)C)C(=O)OC. The summed E-state index contributed by atoms with van der Waals surface area (Å²) in [5.74, 6) is -2.73. The third kappa shape index (κ3) is 8.10. The van der Waals surface area contributed by atoms with E-state index in [0.717, 1.165) is 5.56 Å². The highest BCUT2D eigenvalue weighted by Gasteiger charge is 2.32. The minimum absolute atomic E-state index is 0.00560. The summed E-state index contributed by atoms with van der Waals surface area (Å²) >= 11 is 0. The highest BCUT2D eigenvalue weighted by Crippen LogP contribution is 2.11. The predicted octanol–water partition coefficient (Wildman–Crippen LogP) is 1.79. The van der Waals surface area contributed by atoms with Crippen LogP contribution in [-0.4, -0.2) is 50.2 Å². The Bertz CT molecular complexity index is 721. The molecule has 166 valence electrons. The fourth-order valence-corrected chi connectivity index (χ4v) is 2.70. The molecular weight excluding hydrogens is 392 g/mol. The van der Waals surface area contributed by atoms with E-state index >= 15 is 0 Å². The van der Waals surface area contributed by atoms with Gasteiger partial charge in [-0.25, -0.2) is 9.59 Å². The van der Waals surface area contributed by atoms with E-state index in [0.29, 0.717) is 0 Å². The maximum atomic E-state index is 12.7. The van der Waals surface area contributed by atoms with Gasteiger partial charge in [-0.05, 0) is 17.9 Å². The van der Waals surface area contributed by atoms with Crippen LogP contribution < -0.4 is 10.6 Å². The number of rotatable bonds is 10. The molecule has 0 aliphatic rings. The Balaban J connectivity index is 2.75. The van der Waals surface area contributed by atoms with E-state index in [-0.39, 0.29) is 18.9 Å². The van der Waals surface area contributed by atoms with Crippen LogP contribution in [0.3, 0.4) is 0 Å². The first-order chi connectivity index (χ1) is 14.2. The van der Waals surface area contributed by atoms with Gasteiger partial charge in [-0.15, -0.1) is 0 Å². The number of hydrogen-bond acceptors (Lipinski definition) is 7. The Morgan fingerprint density at radius 3 is 2.03 bits per heavy atom. The number of ether oxygens (including phenoxy) is 3. The smallest absolute Gasteiger partial charge is 0.408 e. The summed E-state index contributed by atoms with van der Waals surface area (Å²) in [7, 11) is 2.42. The van der Waals surface area contributed by atoms with Crippen molar-refractivity contribution in [2.75, 3.05) is 14.2 Å². The van der Waals surface area contributed by atoms with Gasteiger partial charge in [0.15, 0.2) is 0 Å². The standard InChI is InChI=1S/C21H30N2O7/c1-13(2)17(23-21(27)30-12-15-9-7-6-8-10-15)18(24)22-16(20(26)29-5)11-14(3)19(25)28-4/h6-10,13-14,16-17H,11-12H2,1-5H3,(H,22,24)(H,23,27)/t14-,16+,17+/m1/s1. The lowest BCUT2D eigenvalue weighted by Crippen LogP contribution is -2.54. The van der Waals surface area contributed by atoms with E-state index in [1.54, 1.807) is 20.8 Å². The normalized spacial score (nSPS) is 13.5. The summed E-state index contributed by atoms with van der Waals surface area (Å²) < 4.78 is 14.5. The van der Waals surface area contributed by atoms with Crippen LogP contribution >= 0.6 is 0 Å². The van der Waals surface area contributed by atoms with Crippen molar-refractivity contribution in [2.24, 2.45) is 11.8 Å². The third-order valence-electron chi connectivity index (χ3n) is 4.43. The molecule has 3 atom stereocenters. The van der Waals surface area contributed by atoms with E-state index in [1.807, 2.05) is 30.3 Å². The second kappa shape index (κ2) is 12.5. The van der Waals surface area contributed by atoms with Gasteiger partial charge in [0.05, 0.1) is 20.1 Å². The van der Waals surface area contributed by atoms with E-state index < -0.39 is 41.9 Å². The van der Waals surface area contributed by atoms with Crippen LogP contribution in [0.1, 0.15) is 32.8 Å². The summed E-state index contributed by atoms with van der Waals surface area (Å²) in [6, 6.07) is 7.09. The fraction of sp³-hybridized carbons (Fsp3) is 0.524. The molecule has 9 nitrogen and oxygen atoms in total. The minimum Gasteiger partial charge on any atom is -0.469 e. The summed E-state index contributed by atoms with van der Waals surface area (Å²) in [6.45, 7) is 5.12. The number of carbonyl (C=O) groups is 4. The highest BCUT2D eigenvalue weighted by atomic mass is 16.5. The van der Waals surface area contributed by atoms with Crippen molar-refractivity contribution >= 4 is 23.9 Å². The molecule has 1 aromatic carbocycles. The van der Waals surface area contributed by atoms with Crippen LogP contribution in [0.25, 0.3) is 0 Å². The van der Waals surface area contributed by atoms with Gasteiger partial charge in [0.1, 0.15) is 18.7 Å². The first-order valence-corrected chi connectivity index (χ1v) is 9.62. The van der Waals surface area contributed by atoms with Gasteiger partial charge in [0.25, 0.3) is 0 Å². The molecule has 0 bridgehead atoms. The molecule has 0 aromatic heterocycles. The third-order valence-corrected chi connectivity index (χ3v) is 4.43. The average Bonchev–Trinajstić information content (AvgIpc) is 2.74. The Labute approximate surface area is 176 Å². The lowest BCUT2D eigenvalue weighted by molar-refractivity contribution is -0.149. The zero-order chi connectivity index (χ0) is 22.7. The summed E-state index contributed by atoms with van der Waals surface area (Å²) in [5.41, 5.74) is 0.806. The molecule has 0 fully saturated rings. The Morgan fingerprint density at radius 1 is 0.900 bits per heavy atom. The molecule has 2 amide bonds. The van der Waals surface area contributed by atoms with E-state index in [9.17, 15) is 19.2 Å². The number of nitrogens with one attached hydrogen (secondary N) is 2. The summed E-state index contributed by atoms with van der Waals surface area (Å²) in [5, 5.41) is 5.07. The van der Waals surface area contributed by atoms with Gasteiger partial charge in [0.2, 0.25) is 5.91 Å². The number of methoxy groups -OCH3 is 2. The van der Waals surface area contributed by atoms with Crippen molar-refractivity contribution in [3.8, 4) is 0 Å². The zero-order valence-electron chi connectivity index (χ0n) is 18.0. The lowest BCUT2D eigenvalue weighted by Gasteiger charge is -2.25. The molecule has 30 heavy (non-hydrogen) atoms. The number of esters is 2. The fourth-order valence-electron chi connectivity index (χ4n) is 2.70. The van der Waals surface area contributed by atoms with Gasteiger partial charge in [-0.3, -0.25) is 9.59 Å². The molecule has 0 heterocycles. The first-order valence-electron chi connectivity index (χ1n) is 9.62. The summed E-state index contributed by atoms with van der Waals surface area (Å²) in [6.07, 6.45) is -0.765.